The molecule has 1 aliphatic heterocycles. The number of nitrogens with two attached hydrogens (primary N) is 1. The van der Waals surface area contributed by atoms with Gasteiger partial charge in [-0.2, -0.15) is 0 Å². The van der Waals surface area contributed by atoms with Gasteiger partial charge in [0, 0.05) is 5.56 Å². The number of hydrogen-bond acceptors (Lipinski definition) is 4. The smallest absolute Gasteiger partial charge is 0.251 e. The third-order valence-corrected chi connectivity index (χ3v) is 3.87. The van der Waals surface area contributed by atoms with Crippen molar-refractivity contribution in [2.24, 2.45) is 5.73 Å². The normalized spacial score (nSPS) is 26.4. The summed E-state index contributed by atoms with van der Waals surface area (Å²) in [7, 11) is 0. The summed E-state index contributed by atoms with van der Waals surface area (Å²) >= 11 is 0. The summed E-state index contributed by atoms with van der Waals surface area (Å²) < 4.78 is 11.2. The van der Waals surface area contributed by atoms with Crippen molar-refractivity contribution in [3.8, 4) is 5.75 Å². The lowest BCUT2D eigenvalue weighted by Gasteiger charge is -2.18. The molecule has 3 N–H and O–H groups in total. The first-order valence-corrected chi connectivity index (χ1v) is 7.46. The van der Waals surface area contributed by atoms with Crippen LogP contribution in [0.2, 0.25) is 0 Å². The van der Waals surface area contributed by atoms with E-state index in [0.717, 1.165) is 6.42 Å². The third kappa shape index (κ3) is 3.95. The number of ether oxygens (including phenoxy) is 2. The minimum Gasteiger partial charge on any atom is -0.491 e. The Morgan fingerprint density at radius 1 is 1.57 bits per heavy atom. The van der Waals surface area contributed by atoms with Crippen LogP contribution in [0.15, 0.2) is 24.3 Å². The van der Waals surface area contributed by atoms with E-state index in [0.29, 0.717) is 17.9 Å². The highest BCUT2D eigenvalue weighted by Crippen LogP contribution is 2.17. The summed E-state index contributed by atoms with van der Waals surface area (Å²) in [5, 5.41) is 2.93. The quantitative estimate of drug-likeness (QED) is 0.866. The number of hydrogen-bond donors (Lipinski definition) is 2. The summed E-state index contributed by atoms with van der Waals surface area (Å²) in [5.74, 6) is 0.556. The Balaban J connectivity index is 2.01. The second kappa shape index (κ2) is 6.91. The topological polar surface area (TPSA) is 73.6 Å². The lowest BCUT2D eigenvalue weighted by atomic mass is 10.1. The van der Waals surface area contributed by atoms with Gasteiger partial charge in [0.1, 0.15) is 5.75 Å². The van der Waals surface area contributed by atoms with Crippen molar-refractivity contribution in [1.82, 2.24) is 5.32 Å². The second-order valence-electron chi connectivity index (χ2n) is 5.56. The first-order chi connectivity index (χ1) is 10.0. The van der Waals surface area contributed by atoms with Crippen molar-refractivity contribution in [3.63, 3.8) is 0 Å². The molecule has 4 atom stereocenters. The molecular weight excluding hydrogens is 268 g/mol. The molecule has 4 unspecified atom stereocenters. The Kier molecular flexibility index (Phi) is 5.20. The molecule has 2 rings (SSSR count). The molecule has 0 saturated carbocycles. The predicted octanol–water partition coefficient (Wildman–Crippen LogP) is 1.71. The molecule has 0 spiro atoms. The van der Waals surface area contributed by atoms with E-state index in [1.165, 1.54) is 0 Å². The molecule has 1 aliphatic rings. The summed E-state index contributed by atoms with van der Waals surface area (Å²) in [6.45, 7) is 6.43. The Morgan fingerprint density at radius 2 is 2.33 bits per heavy atom. The molecule has 21 heavy (non-hydrogen) atoms. The molecule has 1 aromatic rings. The van der Waals surface area contributed by atoms with Crippen LogP contribution in [0, 0.1) is 0 Å². The molecule has 0 aliphatic carbocycles. The Morgan fingerprint density at radius 3 is 2.95 bits per heavy atom. The number of benzene rings is 1. The minimum atomic E-state index is -0.173. The van der Waals surface area contributed by atoms with Gasteiger partial charge in [-0.05, 0) is 38.5 Å². The standard InChI is InChI=1S/C16H24N2O3/c1-4-10(2)21-13-7-5-6-12(8-13)16(19)18-14-9-20-11(3)15(14)17/h5-8,10-11,14-15H,4,9,17H2,1-3H3,(H,18,19). The fourth-order valence-corrected chi connectivity index (χ4v) is 2.22. The molecule has 0 bridgehead atoms. The van der Waals surface area contributed by atoms with Gasteiger partial charge in [-0.25, -0.2) is 0 Å². The minimum absolute atomic E-state index is 0.0321. The zero-order valence-corrected chi connectivity index (χ0v) is 12.8. The number of rotatable bonds is 5. The van der Waals surface area contributed by atoms with Gasteiger partial charge in [0.15, 0.2) is 0 Å². The van der Waals surface area contributed by atoms with Crippen molar-refractivity contribution in [2.45, 2.75) is 51.5 Å². The summed E-state index contributed by atoms with van der Waals surface area (Å²) in [5.41, 5.74) is 6.57. The zero-order valence-electron chi connectivity index (χ0n) is 12.8. The van der Waals surface area contributed by atoms with Gasteiger partial charge in [0.2, 0.25) is 0 Å². The first-order valence-electron chi connectivity index (χ1n) is 7.46. The number of carbonyl (C=O) groups excluding carboxylic acids is 1. The number of nitrogens with one attached hydrogen (secondary N) is 1. The van der Waals surface area contributed by atoms with E-state index < -0.39 is 0 Å². The molecule has 116 valence electrons. The molecule has 5 heteroatoms. The number of carbonyl (C=O) groups is 1. The monoisotopic (exact) mass is 292 g/mol. The van der Waals surface area contributed by atoms with Crippen LogP contribution in [0.4, 0.5) is 0 Å². The highest BCUT2D eigenvalue weighted by atomic mass is 16.5. The van der Waals surface area contributed by atoms with Crippen LogP contribution in [0.3, 0.4) is 0 Å². The highest BCUT2D eigenvalue weighted by molar-refractivity contribution is 5.94. The summed E-state index contributed by atoms with van der Waals surface area (Å²) in [6.07, 6.45) is 1.01. The van der Waals surface area contributed by atoms with Crippen LogP contribution < -0.4 is 15.8 Å². The summed E-state index contributed by atoms with van der Waals surface area (Å²) in [4.78, 5) is 12.3. The van der Waals surface area contributed by atoms with Gasteiger partial charge in [-0.3, -0.25) is 4.79 Å². The zero-order chi connectivity index (χ0) is 15.4. The maximum absolute atomic E-state index is 12.3. The Bertz CT molecular complexity index is 492. The average Bonchev–Trinajstić information content (AvgIpc) is 2.79. The maximum atomic E-state index is 12.3. The first kappa shape index (κ1) is 15.8. The molecule has 1 fully saturated rings. The molecular formula is C16H24N2O3. The molecule has 1 aromatic carbocycles. The van der Waals surface area contributed by atoms with Crippen molar-refractivity contribution >= 4 is 5.91 Å². The van der Waals surface area contributed by atoms with Gasteiger partial charge in [0.05, 0.1) is 30.9 Å². The van der Waals surface area contributed by atoms with E-state index >= 15 is 0 Å². The fraction of sp³-hybridized carbons (Fsp3) is 0.562. The van der Waals surface area contributed by atoms with E-state index in [-0.39, 0.29) is 30.2 Å². The van der Waals surface area contributed by atoms with Gasteiger partial charge in [-0.15, -0.1) is 0 Å². The van der Waals surface area contributed by atoms with E-state index in [2.05, 4.69) is 12.2 Å². The average molecular weight is 292 g/mol. The Hall–Kier alpha value is -1.59. The van der Waals surface area contributed by atoms with Gasteiger partial charge in [-0.1, -0.05) is 13.0 Å². The molecule has 5 nitrogen and oxygen atoms in total. The van der Waals surface area contributed by atoms with Gasteiger partial charge >= 0.3 is 0 Å². The van der Waals surface area contributed by atoms with E-state index in [4.69, 9.17) is 15.2 Å². The van der Waals surface area contributed by atoms with Crippen LogP contribution in [0.1, 0.15) is 37.6 Å². The van der Waals surface area contributed by atoms with Crippen molar-refractivity contribution in [3.05, 3.63) is 29.8 Å². The van der Waals surface area contributed by atoms with Crippen molar-refractivity contribution < 1.29 is 14.3 Å². The molecule has 1 amide bonds. The van der Waals surface area contributed by atoms with Crippen LogP contribution in [0.25, 0.3) is 0 Å². The SMILES string of the molecule is CCC(C)Oc1cccc(C(=O)NC2COC(C)C2N)c1. The van der Waals surface area contributed by atoms with Crippen molar-refractivity contribution in [2.75, 3.05) is 6.61 Å². The second-order valence-corrected chi connectivity index (χ2v) is 5.56. The van der Waals surface area contributed by atoms with Crippen LogP contribution >= 0.6 is 0 Å². The molecule has 1 heterocycles. The van der Waals surface area contributed by atoms with Crippen LogP contribution in [-0.2, 0) is 4.74 Å². The molecule has 1 saturated heterocycles. The largest absolute Gasteiger partial charge is 0.491 e. The lowest BCUT2D eigenvalue weighted by molar-refractivity contribution is 0.0918. The third-order valence-electron chi connectivity index (χ3n) is 3.87. The fourth-order valence-electron chi connectivity index (χ4n) is 2.22. The number of amides is 1. The van der Waals surface area contributed by atoms with Gasteiger partial charge < -0.3 is 20.5 Å². The van der Waals surface area contributed by atoms with E-state index in [1.54, 1.807) is 12.1 Å². The Labute approximate surface area is 125 Å². The summed E-state index contributed by atoms with van der Waals surface area (Å²) in [6, 6.07) is 6.88. The maximum Gasteiger partial charge on any atom is 0.251 e. The van der Waals surface area contributed by atoms with E-state index in [9.17, 15) is 4.79 Å². The highest BCUT2D eigenvalue weighted by Gasteiger charge is 2.32. The predicted molar refractivity (Wildman–Crippen MR) is 81.5 cm³/mol. The molecule has 0 aromatic heterocycles. The van der Waals surface area contributed by atoms with E-state index in [1.807, 2.05) is 26.0 Å². The lowest BCUT2D eigenvalue weighted by Crippen LogP contribution is -2.48. The van der Waals surface area contributed by atoms with Crippen molar-refractivity contribution in [1.29, 1.82) is 0 Å². The molecule has 0 radical (unpaired) electrons. The van der Waals surface area contributed by atoms with Crippen LogP contribution in [0.5, 0.6) is 5.75 Å². The van der Waals surface area contributed by atoms with Gasteiger partial charge in [0.25, 0.3) is 5.91 Å². The van der Waals surface area contributed by atoms with Crippen LogP contribution in [-0.4, -0.2) is 36.8 Å².